The van der Waals surface area contributed by atoms with Crippen LogP contribution in [0.5, 0.6) is 11.8 Å². The van der Waals surface area contributed by atoms with Gasteiger partial charge >= 0.3 is 0 Å². The van der Waals surface area contributed by atoms with E-state index in [4.69, 9.17) is 24.4 Å². The van der Waals surface area contributed by atoms with Crippen LogP contribution in [0.15, 0.2) is 120 Å². The van der Waals surface area contributed by atoms with Crippen molar-refractivity contribution in [1.29, 1.82) is 0 Å². The van der Waals surface area contributed by atoms with Crippen LogP contribution in [0.4, 0.5) is 31.8 Å². The highest BCUT2D eigenvalue weighted by atomic mass is 79.9. The Bertz CT molecular complexity index is 3230. The summed E-state index contributed by atoms with van der Waals surface area (Å²) in [5.74, 6) is 0.127. The maximum absolute atomic E-state index is 14.6. The van der Waals surface area contributed by atoms with E-state index in [0.29, 0.717) is 84.9 Å². The minimum atomic E-state index is -3.53. The summed E-state index contributed by atoms with van der Waals surface area (Å²) < 4.78 is 132. The number of rotatable bonds is 13. The molecule has 4 saturated heterocycles. The van der Waals surface area contributed by atoms with E-state index >= 15 is 0 Å². The summed E-state index contributed by atoms with van der Waals surface area (Å²) in [4.78, 5) is 18.6. The van der Waals surface area contributed by atoms with E-state index < -0.39 is 43.1 Å². The first kappa shape index (κ1) is 48.3. The van der Waals surface area contributed by atoms with Gasteiger partial charge in [0.1, 0.15) is 48.1 Å². The first-order valence-electron chi connectivity index (χ1n) is 25.4. The number of nitrogens with one attached hydrogen (secondary N) is 3. The summed E-state index contributed by atoms with van der Waals surface area (Å²) in [5.41, 5.74) is 2.68. The number of hydrogen-bond acceptors (Lipinski definition) is 16. The first-order valence-corrected chi connectivity index (χ1v) is 28.0. The standard InChI is InChI=1S/C26H29FN4O4S.C19H23FN4O4S.C7H7Br/c1-17-25(30-24-9-8-22(12-23(24)27)36(2,32)33)28-16-29-26(17)35-21-10-19-14-34-15-20(11-21)31(19)13-18-6-4-3-5-7-18;1-11-18(24-17-4-3-15(7-16(17)20)29(2,25)26)21-10-22-19(11)28-14-5-12-8-27-9-13(6-14)23-12;8-6-7-4-2-1-3-5-7/h3-9,12,16,19-21H,10-11,13-15H2,1-2H3,(H,28,29,30);3-4,7,10,12-14,23H,5-6,8-9H2,1-2H3,(H,21,22,24);1-5H,6H2/t19-,20?,21?;12-,13?,14?;/m11./s1/i13D2;;6D2. The van der Waals surface area contributed by atoms with E-state index in [1.54, 1.807) is 38.1 Å². The van der Waals surface area contributed by atoms with Gasteiger partial charge in [0.25, 0.3) is 0 Å². The molecule has 4 unspecified atom stereocenters. The molecule has 4 aliphatic heterocycles. The van der Waals surface area contributed by atoms with Crippen LogP contribution in [0.25, 0.3) is 0 Å². The monoisotopic (exact) mass is 1110 g/mol. The fraction of sp³-hybridized carbons (Fsp3) is 0.385. The predicted molar refractivity (Wildman–Crippen MR) is 277 cm³/mol. The number of alkyl halides is 1. The summed E-state index contributed by atoms with van der Waals surface area (Å²) in [6.45, 7) is 4.06. The van der Waals surface area contributed by atoms with Gasteiger partial charge in [-0.1, -0.05) is 76.6 Å². The van der Waals surface area contributed by atoms with Crippen LogP contribution in [0, 0.1) is 25.5 Å². The molecule has 0 aliphatic carbocycles. The van der Waals surface area contributed by atoms with Crippen molar-refractivity contribution < 1.29 is 50.0 Å². The van der Waals surface area contributed by atoms with Gasteiger partial charge in [-0.2, -0.15) is 0 Å². The average molecular weight is 1110 g/mol. The molecule has 4 bridgehead atoms. The Morgan fingerprint density at radius 3 is 1.52 bits per heavy atom. The molecule has 0 saturated carbocycles. The van der Waals surface area contributed by atoms with Gasteiger partial charge in [-0.25, -0.2) is 45.6 Å². The van der Waals surface area contributed by atoms with E-state index in [9.17, 15) is 25.6 Å². The number of hydrogen-bond donors (Lipinski definition) is 3. The number of sulfone groups is 2. The molecule has 0 spiro atoms. The summed E-state index contributed by atoms with van der Waals surface area (Å²) in [7, 11) is -7.01. The van der Waals surface area contributed by atoms with Crippen molar-refractivity contribution in [2.24, 2.45) is 0 Å². The second kappa shape index (κ2) is 24.1. The van der Waals surface area contributed by atoms with Gasteiger partial charge in [0.2, 0.25) is 11.8 Å². The second-order valence-corrected chi connectivity index (χ2v) is 22.5. The van der Waals surface area contributed by atoms with Crippen LogP contribution in [0.2, 0.25) is 0 Å². The third-order valence-corrected chi connectivity index (χ3v) is 15.2. The number of morpholine rings is 2. The average Bonchev–Trinajstić information content (AvgIpc) is 3.38. The van der Waals surface area contributed by atoms with Gasteiger partial charge in [0, 0.05) is 79.6 Å². The minimum absolute atomic E-state index is 0.0161. The van der Waals surface area contributed by atoms with E-state index in [1.807, 2.05) is 41.3 Å². The number of halogens is 3. The van der Waals surface area contributed by atoms with Gasteiger partial charge in [-0.05, 0) is 61.4 Å². The van der Waals surface area contributed by atoms with E-state index in [2.05, 4.69) is 51.8 Å². The molecule has 0 amide bonds. The van der Waals surface area contributed by atoms with Crippen molar-refractivity contribution in [3.8, 4) is 11.8 Å². The third-order valence-electron chi connectivity index (χ3n) is 12.5. The van der Waals surface area contributed by atoms with Gasteiger partial charge in [-0.15, -0.1) is 0 Å². The van der Waals surface area contributed by atoms with Crippen molar-refractivity contribution in [2.45, 2.75) is 97.5 Å². The Labute approximate surface area is 439 Å². The van der Waals surface area contributed by atoms with E-state index in [-0.39, 0.29) is 57.5 Å². The van der Waals surface area contributed by atoms with Crippen LogP contribution in [-0.2, 0) is 40.9 Å². The lowest BCUT2D eigenvalue weighted by molar-refractivity contribution is -0.104. The van der Waals surface area contributed by atoms with E-state index in [0.717, 1.165) is 37.5 Å². The molecule has 6 atom stereocenters. The minimum Gasteiger partial charge on any atom is -0.474 e. The normalized spacial score (nSPS) is 22.8. The van der Waals surface area contributed by atoms with Gasteiger partial charge in [0.15, 0.2) is 19.7 Å². The van der Waals surface area contributed by atoms with Gasteiger partial charge < -0.3 is 34.9 Å². The Balaban J connectivity index is 0.000000177. The molecular formula is C52H59BrF2N8O8S2. The Morgan fingerprint density at radius 1 is 0.658 bits per heavy atom. The SMILES string of the molecule is Cc1c(Nc2ccc(S(C)(=O)=O)cc2F)ncnc1OC1CC2COC[C@@H](C1)N2.[2H]C([2H])(Br)c1ccccc1.[2H]C([2H])(c1ccccc1)N1C2COC[C@H]1CC(Oc1ncnc(Nc3ccc(S(C)(=O)=O)cc3F)c1C)C2. The molecule has 4 aliphatic rings. The maximum Gasteiger partial charge on any atom is 0.221 e. The number of nitrogens with zero attached hydrogens (tertiary/aromatic N) is 5. The Morgan fingerprint density at radius 2 is 1.10 bits per heavy atom. The molecular weight excluding hydrogens is 1050 g/mol. The summed E-state index contributed by atoms with van der Waals surface area (Å²) >= 11 is 2.92. The number of ether oxygens (including phenoxy) is 4. The zero-order valence-electron chi connectivity index (χ0n) is 44.5. The van der Waals surface area contributed by atoms with Crippen LogP contribution in [0.3, 0.4) is 0 Å². The fourth-order valence-electron chi connectivity index (χ4n) is 8.77. The van der Waals surface area contributed by atoms with Gasteiger partial charge in [0.05, 0.1) is 58.7 Å². The number of benzene rings is 4. The summed E-state index contributed by atoms with van der Waals surface area (Å²) in [6.07, 6.45) is 7.29. The highest BCUT2D eigenvalue weighted by Crippen LogP contribution is 2.34. The zero-order chi connectivity index (χ0) is 55.3. The van der Waals surface area contributed by atoms with Gasteiger partial charge in [-0.3, -0.25) is 4.90 Å². The van der Waals surface area contributed by atoms with E-state index in [1.165, 1.54) is 36.9 Å². The Hall–Kier alpha value is -5.68. The smallest absolute Gasteiger partial charge is 0.221 e. The van der Waals surface area contributed by atoms with Crippen molar-refractivity contribution in [1.82, 2.24) is 30.2 Å². The summed E-state index contributed by atoms with van der Waals surface area (Å²) in [6, 6.07) is 25.7. The molecule has 0 radical (unpaired) electrons. The lowest BCUT2D eigenvalue weighted by Crippen LogP contribution is -2.58. The van der Waals surface area contributed by atoms with Crippen molar-refractivity contribution >= 4 is 58.6 Å². The third kappa shape index (κ3) is 14.3. The molecule has 6 heterocycles. The highest BCUT2D eigenvalue weighted by Gasteiger charge is 2.40. The molecule has 21 heteroatoms. The zero-order valence-corrected chi connectivity index (χ0v) is 43.7. The molecule has 388 valence electrons. The van der Waals surface area contributed by atoms with Crippen LogP contribution in [-0.4, -0.2) is 117 Å². The molecule has 10 rings (SSSR count). The quantitative estimate of drug-likeness (QED) is 0.0932. The van der Waals surface area contributed by atoms with Crippen molar-refractivity contribution in [3.05, 3.63) is 144 Å². The first-order chi connectivity index (χ1) is 36.4. The largest absolute Gasteiger partial charge is 0.474 e. The van der Waals surface area contributed by atoms with Crippen LogP contribution < -0.4 is 25.4 Å². The molecule has 2 aromatic heterocycles. The molecule has 16 nitrogen and oxygen atoms in total. The number of aromatic nitrogens is 4. The lowest BCUT2D eigenvalue weighted by atomic mass is 9.91. The number of anilines is 4. The summed E-state index contributed by atoms with van der Waals surface area (Å²) in [5, 5.41) is 7.93. The molecule has 73 heavy (non-hydrogen) atoms. The molecule has 4 fully saturated rings. The molecule has 6 aromatic rings. The topological polar surface area (TPSA) is 196 Å². The van der Waals surface area contributed by atoms with Crippen LogP contribution in [0.1, 0.15) is 53.4 Å². The highest BCUT2D eigenvalue weighted by molar-refractivity contribution is 9.08. The predicted octanol–water partition coefficient (Wildman–Crippen LogP) is 8.43. The number of fused-ring (bicyclic) bond motifs is 4. The molecule has 3 N–H and O–H groups in total. The van der Waals surface area contributed by atoms with Crippen LogP contribution >= 0.6 is 15.9 Å². The number of piperidine rings is 2. The molecule has 4 aromatic carbocycles. The van der Waals surface area contributed by atoms with Crippen molar-refractivity contribution in [3.63, 3.8) is 0 Å². The Kier molecular flexibility index (Phi) is 15.9. The lowest BCUT2D eigenvalue weighted by Gasteiger charge is -2.48. The second-order valence-electron chi connectivity index (χ2n) is 18.1. The van der Waals surface area contributed by atoms with Crippen molar-refractivity contribution in [2.75, 3.05) is 49.6 Å². The maximum atomic E-state index is 14.6. The fourth-order valence-corrected chi connectivity index (χ4v) is 10.3.